The summed E-state index contributed by atoms with van der Waals surface area (Å²) < 4.78 is 3.87. The first-order valence-electron chi connectivity index (χ1n) is 11.4. The average molecular weight is 441 g/mol. The van der Waals surface area contributed by atoms with Gasteiger partial charge in [0.25, 0.3) is 5.56 Å². The number of pyridine rings is 2. The largest absolute Gasteiger partial charge is 0.347 e. The quantitative estimate of drug-likeness (QED) is 0.479. The van der Waals surface area contributed by atoms with Crippen LogP contribution >= 0.6 is 0 Å². The fraction of sp³-hybridized carbons (Fsp3) is 0.296. The van der Waals surface area contributed by atoms with E-state index in [4.69, 9.17) is 0 Å². The minimum atomic E-state index is -0.0955. The average Bonchev–Trinajstić information content (AvgIpc) is 3.10. The lowest BCUT2D eigenvalue weighted by molar-refractivity contribution is -0.135. The predicted molar refractivity (Wildman–Crippen MR) is 130 cm³/mol. The number of carbonyl (C=O) groups is 1. The van der Waals surface area contributed by atoms with Crippen LogP contribution in [0.15, 0.2) is 59.7 Å². The number of benzene rings is 1. The summed E-state index contributed by atoms with van der Waals surface area (Å²) in [6, 6.07) is 13.6. The highest BCUT2D eigenvalue weighted by molar-refractivity contribution is 5.88. The van der Waals surface area contributed by atoms with Crippen molar-refractivity contribution in [3.63, 3.8) is 0 Å². The maximum Gasteiger partial charge on any atom is 0.255 e. The van der Waals surface area contributed by atoms with Crippen LogP contribution in [0.1, 0.15) is 30.7 Å². The number of aromatic nitrogens is 3. The van der Waals surface area contributed by atoms with Gasteiger partial charge in [-0.2, -0.15) is 0 Å². The SMILES string of the molecule is Cc1ccc(-c2ccn(-c3ccc4c5c(n(C)c4c3)CCN(C(=O)C(C)C)C5)c(=O)c2)nc1. The van der Waals surface area contributed by atoms with Crippen LogP contribution in [-0.4, -0.2) is 31.5 Å². The Balaban J connectivity index is 1.52. The van der Waals surface area contributed by atoms with Gasteiger partial charge in [-0.05, 0) is 36.8 Å². The summed E-state index contributed by atoms with van der Waals surface area (Å²) in [5.41, 5.74) is 6.97. The first-order chi connectivity index (χ1) is 15.8. The molecule has 0 radical (unpaired) electrons. The van der Waals surface area contributed by atoms with Crippen molar-refractivity contribution in [2.75, 3.05) is 6.54 Å². The van der Waals surface area contributed by atoms with Crippen molar-refractivity contribution in [2.45, 2.75) is 33.7 Å². The van der Waals surface area contributed by atoms with Gasteiger partial charge in [-0.1, -0.05) is 26.0 Å². The molecule has 0 saturated heterocycles. The Morgan fingerprint density at radius 1 is 1.09 bits per heavy atom. The van der Waals surface area contributed by atoms with Gasteiger partial charge in [-0.15, -0.1) is 0 Å². The zero-order valence-corrected chi connectivity index (χ0v) is 19.5. The molecule has 0 N–H and O–H groups in total. The summed E-state index contributed by atoms with van der Waals surface area (Å²) in [6.45, 7) is 7.28. The lowest BCUT2D eigenvalue weighted by Gasteiger charge is -2.29. The molecule has 168 valence electrons. The summed E-state index contributed by atoms with van der Waals surface area (Å²) >= 11 is 0. The van der Waals surface area contributed by atoms with Crippen molar-refractivity contribution in [3.05, 3.63) is 82.0 Å². The van der Waals surface area contributed by atoms with Gasteiger partial charge in [0.1, 0.15) is 0 Å². The molecule has 0 aliphatic carbocycles. The van der Waals surface area contributed by atoms with Gasteiger partial charge in [-0.3, -0.25) is 19.1 Å². The predicted octanol–water partition coefficient (Wildman–Crippen LogP) is 4.24. The van der Waals surface area contributed by atoms with E-state index in [9.17, 15) is 9.59 Å². The summed E-state index contributed by atoms with van der Waals surface area (Å²) in [7, 11) is 2.07. The Bertz CT molecular complexity index is 1430. The van der Waals surface area contributed by atoms with Gasteiger partial charge in [0.2, 0.25) is 5.91 Å². The van der Waals surface area contributed by atoms with Crippen LogP contribution in [0, 0.1) is 12.8 Å². The Hall–Kier alpha value is -3.67. The van der Waals surface area contributed by atoms with Crippen LogP contribution < -0.4 is 5.56 Å². The van der Waals surface area contributed by atoms with E-state index in [1.54, 1.807) is 10.6 Å². The van der Waals surface area contributed by atoms with Gasteiger partial charge < -0.3 is 9.47 Å². The Kier molecular flexibility index (Phi) is 5.16. The first kappa shape index (κ1) is 21.2. The monoisotopic (exact) mass is 440 g/mol. The molecule has 1 aromatic carbocycles. The molecule has 6 nitrogen and oxygen atoms in total. The van der Waals surface area contributed by atoms with Gasteiger partial charge in [0, 0.05) is 73.1 Å². The maximum absolute atomic E-state index is 13.0. The maximum atomic E-state index is 13.0. The highest BCUT2D eigenvalue weighted by Crippen LogP contribution is 2.32. The van der Waals surface area contributed by atoms with Crippen LogP contribution in [0.4, 0.5) is 0 Å². The zero-order chi connectivity index (χ0) is 23.3. The number of nitrogens with zero attached hydrogens (tertiary/aromatic N) is 4. The van der Waals surface area contributed by atoms with E-state index < -0.39 is 0 Å². The Morgan fingerprint density at radius 2 is 1.91 bits per heavy atom. The third-order valence-corrected chi connectivity index (χ3v) is 6.60. The third kappa shape index (κ3) is 3.65. The minimum Gasteiger partial charge on any atom is -0.347 e. The lowest BCUT2D eigenvalue weighted by Crippen LogP contribution is -2.38. The van der Waals surface area contributed by atoms with Gasteiger partial charge in [-0.25, -0.2) is 0 Å². The Labute approximate surface area is 193 Å². The second kappa shape index (κ2) is 8.03. The molecule has 5 rings (SSSR count). The molecule has 3 aromatic heterocycles. The second-order valence-electron chi connectivity index (χ2n) is 9.19. The van der Waals surface area contributed by atoms with Crippen molar-refractivity contribution < 1.29 is 4.79 Å². The smallest absolute Gasteiger partial charge is 0.255 e. The highest BCUT2D eigenvalue weighted by atomic mass is 16.2. The summed E-state index contributed by atoms with van der Waals surface area (Å²) in [5, 5.41) is 1.14. The van der Waals surface area contributed by atoms with Crippen LogP contribution in [0.3, 0.4) is 0 Å². The Morgan fingerprint density at radius 3 is 2.61 bits per heavy atom. The summed E-state index contributed by atoms with van der Waals surface area (Å²) in [6.07, 6.45) is 4.46. The molecule has 0 bridgehead atoms. The summed E-state index contributed by atoms with van der Waals surface area (Å²) in [5.74, 6) is 0.196. The van der Waals surface area contributed by atoms with Gasteiger partial charge in [0.15, 0.2) is 0 Å². The lowest BCUT2D eigenvalue weighted by atomic mass is 10.0. The molecule has 1 amide bonds. The van der Waals surface area contributed by atoms with Crippen molar-refractivity contribution in [1.29, 1.82) is 0 Å². The van der Waals surface area contributed by atoms with Crippen LogP contribution in [0.2, 0.25) is 0 Å². The number of fused-ring (bicyclic) bond motifs is 3. The zero-order valence-electron chi connectivity index (χ0n) is 19.5. The molecule has 1 aliphatic rings. The van der Waals surface area contributed by atoms with E-state index >= 15 is 0 Å². The van der Waals surface area contributed by atoms with Crippen LogP contribution in [0.25, 0.3) is 27.8 Å². The molecule has 1 aliphatic heterocycles. The van der Waals surface area contributed by atoms with E-state index in [-0.39, 0.29) is 17.4 Å². The van der Waals surface area contributed by atoms with Crippen molar-refractivity contribution in [3.8, 4) is 16.9 Å². The topological polar surface area (TPSA) is 60.1 Å². The fourth-order valence-electron chi connectivity index (χ4n) is 4.76. The van der Waals surface area contributed by atoms with Gasteiger partial charge >= 0.3 is 0 Å². The summed E-state index contributed by atoms with van der Waals surface area (Å²) in [4.78, 5) is 31.9. The number of hydrogen-bond donors (Lipinski definition) is 0. The van der Waals surface area contributed by atoms with E-state index in [1.165, 1.54) is 11.3 Å². The van der Waals surface area contributed by atoms with E-state index in [2.05, 4.69) is 28.7 Å². The number of carbonyl (C=O) groups excluding carboxylic acids is 1. The molecule has 4 aromatic rings. The highest BCUT2D eigenvalue weighted by Gasteiger charge is 2.27. The van der Waals surface area contributed by atoms with Crippen molar-refractivity contribution in [1.82, 2.24) is 19.0 Å². The fourth-order valence-corrected chi connectivity index (χ4v) is 4.76. The number of rotatable bonds is 3. The molecule has 33 heavy (non-hydrogen) atoms. The molecule has 0 saturated carbocycles. The first-order valence-corrected chi connectivity index (χ1v) is 11.4. The molecule has 0 fully saturated rings. The molecule has 0 atom stereocenters. The molecule has 0 spiro atoms. The third-order valence-electron chi connectivity index (χ3n) is 6.60. The molecular formula is C27H28N4O2. The van der Waals surface area contributed by atoms with Crippen molar-refractivity contribution in [2.24, 2.45) is 13.0 Å². The van der Waals surface area contributed by atoms with E-state index in [0.29, 0.717) is 6.54 Å². The number of hydrogen-bond acceptors (Lipinski definition) is 3. The normalized spacial score (nSPS) is 13.5. The van der Waals surface area contributed by atoms with Crippen molar-refractivity contribution >= 4 is 16.8 Å². The van der Waals surface area contributed by atoms with Crippen LogP contribution in [-0.2, 0) is 24.8 Å². The number of aryl methyl sites for hydroxylation is 2. The minimum absolute atomic E-state index is 0.00177. The standard InChI is InChI=1S/C27H28N4O2/c1-17(2)27(33)30-11-10-24-22(16-30)21-7-6-20(14-25(21)29(24)4)31-12-9-19(13-26(31)32)23-8-5-18(3)15-28-23/h5-9,12-15,17H,10-11,16H2,1-4H3. The molecule has 0 unspecified atom stereocenters. The molecule has 6 heteroatoms. The van der Waals surface area contributed by atoms with E-state index in [0.717, 1.165) is 46.4 Å². The van der Waals surface area contributed by atoms with Gasteiger partial charge in [0.05, 0.1) is 16.9 Å². The number of amides is 1. The molecular weight excluding hydrogens is 412 g/mol. The van der Waals surface area contributed by atoms with E-state index in [1.807, 2.05) is 62.3 Å². The second-order valence-corrected chi connectivity index (χ2v) is 9.19. The molecule has 4 heterocycles. The van der Waals surface area contributed by atoms with Crippen LogP contribution in [0.5, 0.6) is 0 Å².